The number of nitrogen functional groups attached to an aromatic ring is 1. The average Bonchev–Trinajstić information content (AvgIpc) is 3.22. The third kappa shape index (κ3) is 4.85. The van der Waals surface area contributed by atoms with Crippen LogP contribution in [0.5, 0.6) is 0 Å². The molecule has 4 heterocycles. The summed E-state index contributed by atoms with van der Waals surface area (Å²) in [5, 5.41) is 0.561. The summed E-state index contributed by atoms with van der Waals surface area (Å²) in [6.07, 6.45) is -2.68. The van der Waals surface area contributed by atoms with Crippen molar-refractivity contribution in [1.29, 1.82) is 0 Å². The fraction of sp³-hybridized carbons (Fsp3) is 0.333. The third-order valence-corrected chi connectivity index (χ3v) is 5.09. The molecule has 0 unspecified atom stereocenters. The van der Waals surface area contributed by atoms with Gasteiger partial charge in [0.2, 0.25) is 0 Å². The molecule has 1 aliphatic rings. The normalized spacial score (nSPS) is 13.9. The number of anilines is 1. The van der Waals surface area contributed by atoms with Gasteiger partial charge in [-0.15, -0.1) is 0 Å². The zero-order valence-corrected chi connectivity index (χ0v) is 17.3. The Morgan fingerprint density at radius 2 is 1.85 bits per heavy atom. The second-order valence-corrected chi connectivity index (χ2v) is 7.80. The van der Waals surface area contributed by atoms with E-state index in [2.05, 4.69) is 15.0 Å². The van der Waals surface area contributed by atoms with E-state index in [1.54, 1.807) is 0 Å². The summed E-state index contributed by atoms with van der Waals surface area (Å²) in [7, 11) is 0. The third-order valence-electron chi connectivity index (χ3n) is 5.09. The van der Waals surface area contributed by atoms with E-state index in [1.165, 1.54) is 12.3 Å². The summed E-state index contributed by atoms with van der Waals surface area (Å²) in [5.74, 6) is -3.80. The lowest BCUT2D eigenvalue weighted by atomic mass is 10.1. The van der Waals surface area contributed by atoms with Gasteiger partial charge in [0.1, 0.15) is 11.5 Å². The molecule has 0 spiro atoms. The number of pyridine rings is 3. The number of fused-ring (bicyclic) bond motifs is 3. The fourth-order valence-corrected chi connectivity index (χ4v) is 3.57. The fourth-order valence-electron chi connectivity index (χ4n) is 3.57. The van der Waals surface area contributed by atoms with Crippen molar-refractivity contribution in [3.63, 3.8) is 0 Å². The second-order valence-electron chi connectivity index (χ2n) is 7.80. The largest absolute Gasteiger partial charge is 0.417 e. The molecule has 3 aromatic heterocycles. The number of nitrogens with two attached hydrogens (primary N) is 1. The molecule has 0 radical (unpaired) electrons. The average molecular weight is 467 g/mol. The summed E-state index contributed by atoms with van der Waals surface area (Å²) >= 11 is 0. The Morgan fingerprint density at radius 1 is 1.12 bits per heavy atom. The Balaban J connectivity index is 1.67. The van der Waals surface area contributed by atoms with Crippen LogP contribution >= 0.6 is 0 Å². The van der Waals surface area contributed by atoms with Gasteiger partial charge in [0.25, 0.3) is 11.8 Å². The maximum absolute atomic E-state index is 13.8. The predicted molar refractivity (Wildman–Crippen MR) is 107 cm³/mol. The number of rotatable bonds is 5. The molecule has 0 saturated heterocycles. The lowest BCUT2D eigenvalue weighted by molar-refractivity contribution is -0.137. The number of carbonyl (C=O) groups is 1. The molecule has 0 aliphatic carbocycles. The number of ether oxygens (including phenoxy) is 1. The van der Waals surface area contributed by atoms with Gasteiger partial charge < -0.3 is 15.4 Å². The molecule has 0 atom stereocenters. The zero-order chi connectivity index (χ0) is 24.0. The maximum Gasteiger partial charge on any atom is 0.417 e. The summed E-state index contributed by atoms with van der Waals surface area (Å²) in [5.41, 5.74) is 6.69. The quantitative estimate of drug-likeness (QED) is 0.571. The van der Waals surface area contributed by atoms with Crippen molar-refractivity contribution >= 4 is 22.6 Å². The molecule has 0 saturated carbocycles. The number of hydrogen-bond acceptors (Lipinski definition) is 6. The first-order chi connectivity index (χ1) is 15.4. The van der Waals surface area contributed by atoms with Crippen molar-refractivity contribution in [3.05, 3.63) is 58.7 Å². The Morgan fingerprint density at radius 3 is 2.48 bits per heavy atom. The standard InChI is InChI=1S/C21H18F5N5O2/c1-20(22,23)10-31(7-12-3-2-11(5-28-12)21(24,25)26)19(32)16-4-13-14-8-33-9-15(14)18(27)30-17(13)6-29-16/h2-6H,7-10H2,1H3,(H2,27,30). The van der Waals surface area contributed by atoms with E-state index in [0.717, 1.165) is 22.6 Å². The Kier molecular flexibility index (Phi) is 5.64. The van der Waals surface area contributed by atoms with Crippen LogP contribution < -0.4 is 5.73 Å². The summed E-state index contributed by atoms with van der Waals surface area (Å²) < 4.78 is 71.4. The molecular weight excluding hydrogens is 449 g/mol. The van der Waals surface area contributed by atoms with Crippen molar-refractivity contribution in [2.45, 2.75) is 38.8 Å². The van der Waals surface area contributed by atoms with Crippen LogP contribution in [-0.4, -0.2) is 38.2 Å². The van der Waals surface area contributed by atoms with Gasteiger partial charge in [0.15, 0.2) is 0 Å². The molecular formula is C21H18F5N5O2. The Bertz CT molecular complexity index is 1210. The van der Waals surface area contributed by atoms with E-state index in [9.17, 15) is 26.7 Å². The molecule has 1 aliphatic heterocycles. The van der Waals surface area contributed by atoms with Crippen molar-refractivity contribution in [3.8, 4) is 0 Å². The first kappa shape index (κ1) is 22.8. The summed E-state index contributed by atoms with van der Waals surface area (Å²) in [4.78, 5) is 25.9. The number of alkyl halides is 5. The predicted octanol–water partition coefficient (Wildman–Crippen LogP) is 3.95. The first-order valence-corrected chi connectivity index (χ1v) is 9.76. The number of halogens is 5. The van der Waals surface area contributed by atoms with Crippen LogP contribution in [-0.2, 0) is 30.7 Å². The van der Waals surface area contributed by atoms with Gasteiger partial charge >= 0.3 is 6.18 Å². The van der Waals surface area contributed by atoms with Crippen LogP contribution in [0.1, 0.15) is 39.8 Å². The van der Waals surface area contributed by atoms with Gasteiger partial charge in [-0.25, -0.2) is 18.7 Å². The molecule has 0 fully saturated rings. The van der Waals surface area contributed by atoms with E-state index in [4.69, 9.17) is 10.5 Å². The van der Waals surface area contributed by atoms with E-state index in [0.29, 0.717) is 29.6 Å². The summed E-state index contributed by atoms with van der Waals surface area (Å²) in [6.45, 7) is -0.249. The Labute approximate surface area is 184 Å². The van der Waals surface area contributed by atoms with E-state index in [-0.39, 0.29) is 30.4 Å². The SMILES string of the molecule is CC(F)(F)CN(Cc1ccc(C(F)(F)F)cn1)C(=O)c1cc2c3c(c(N)nc2cn1)COC3. The van der Waals surface area contributed by atoms with Crippen molar-refractivity contribution < 1.29 is 31.5 Å². The summed E-state index contributed by atoms with van der Waals surface area (Å²) in [6, 6.07) is 3.25. The topological polar surface area (TPSA) is 94.2 Å². The van der Waals surface area contributed by atoms with E-state index < -0.39 is 36.7 Å². The highest BCUT2D eigenvalue weighted by molar-refractivity contribution is 5.97. The number of carbonyl (C=O) groups excluding carboxylic acids is 1. The lowest BCUT2D eigenvalue weighted by Gasteiger charge is -2.25. The van der Waals surface area contributed by atoms with Crippen LogP contribution in [0, 0.1) is 0 Å². The van der Waals surface area contributed by atoms with Gasteiger partial charge in [-0.3, -0.25) is 9.78 Å². The molecule has 1 amide bonds. The molecule has 12 heteroatoms. The van der Waals surface area contributed by atoms with Gasteiger partial charge in [-0.05, 0) is 23.8 Å². The van der Waals surface area contributed by atoms with Crippen LogP contribution in [0.2, 0.25) is 0 Å². The Hall–Kier alpha value is -3.41. The molecule has 0 bridgehead atoms. The van der Waals surface area contributed by atoms with Crippen LogP contribution in [0.25, 0.3) is 10.9 Å². The smallest absolute Gasteiger partial charge is 0.383 e. The van der Waals surface area contributed by atoms with Crippen molar-refractivity contribution in [2.75, 3.05) is 12.3 Å². The first-order valence-electron chi connectivity index (χ1n) is 9.76. The van der Waals surface area contributed by atoms with E-state index in [1.807, 2.05) is 0 Å². The minimum Gasteiger partial charge on any atom is -0.383 e. The number of nitrogens with zero attached hydrogens (tertiary/aromatic N) is 4. The lowest BCUT2D eigenvalue weighted by Crippen LogP contribution is -2.39. The van der Waals surface area contributed by atoms with Gasteiger partial charge in [0.05, 0.1) is 49.3 Å². The molecule has 0 aromatic carbocycles. The minimum absolute atomic E-state index is 0.0186. The van der Waals surface area contributed by atoms with E-state index >= 15 is 0 Å². The number of aromatic nitrogens is 3. The minimum atomic E-state index is -4.59. The van der Waals surface area contributed by atoms with Crippen molar-refractivity contribution in [1.82, 2.24) is 19.9 Å². The van der Waals surface area contributed by atoms with Crippen molar-refractivity contribution in [2.24, 2.45) is 0 Å². The maximum atomic E-state index is 13.8. The van der Waals surface area contributed by atoms with Gasteiger partial charge in [-0.1, -0.05) is 0 Å². The van der Waals surface area contributed by atoms with Crippen LogP contribution in [0.3, 0.4) is 0 Å². The van der Waals surface area contributed by atoms with Crippen LogP contribution in [0.15, 0.2) is 30.6 Å². The van der Waals surface area contributed by atoms with Crippen LogP contribution in [0.4, 0.5) is 27.8 Å². The highest BCUT2D eigenvalue weighted by Crippen LogP contribution is 2.32. The highest BCUT2D eigenvalue weighted by atomic mass is 19.4. The highest BCUT2D eigenvalue weighted by Gasteiger charge is 2.32. The molecule has 174 valence electrons. The molecule has 7 nitrogen and oxygen atoms in total. The van der Waals surface area contributed by atoms with Gasteiger partial charge in [0, 0.05) is 24.1 Å². The number of amides is 1. The zero-order valence-electron chi connectivity index (χ0n) is 17.3. The monoisotopic (exact) mass is 467 g/mol. The second kappa shape index (κ2) is 8.18. The van der Waals surface area contributed by atoms with Gasteiger partial charge in [-0.2, -0.15) is 13.2 Å². The molecule has 33 heavy (non-hydrogen) atoms. The molecule has 2 N–H and O–H groups in total. The molecule has 3 aromatic rings. The number of hydrogen-bond donors (Lipinski definition) is 1. The molecule has 4 rings (SSSR count).